The molecule has 0 aliphatic heterocycles. The summed E-state index contributed by atoms with van der Waals surface area (Å²) in [5, 5.41) is 10.9. The van der Waals surface area contributed by atoms with Gasteiger partial charge in [0.15, 0.2) is 5.82 Å². The molecular weight excluding hydrogens is 346 g/mol. The van der Waals surface area contributed by atoms with Gasteiger partial charge in [0, 0.05) is 36.5 Å². The summed E-state index contributed by atoms with van der Waals surface area (Å²) >= 11 is 0. The third kappa shape index (κ3) is 3.93. The van der Waals surface area contributed by atoms with E-state index in [0.29, 0.717) is 23.1 Å². The summed E-state index contributed by atoms with van der Waals surface area (Å²) in [4.78, 5) is 23.8. The summed E-state index contributed by atoms with van der Waals surface area (Å²) in [6, 6.07) is 10.4. The molecule has 4 rings (SSSR count). The number of carbonyl (C=O) groups excluding carboxylic acids is 1. The highest BCUT2D eigenvalue weighted by Crippen LogP contribution is 2.21. The maximum atomic E-state index is 12.0. The number of ether oxygens (including phenoxy) is 1. The Hall–Kier alpha value is -4.14. The normalized spacial score (nSPS) is 10.4. The second-order valence-electron chi connectivity index (χ2n) is 5.37. The number of imidazole rings is 1. The highest BCUT2D eigenvalue weighted by Gasteiger charge is 2.08. The average molecular weight is 359 g/mol. The number of benzene rings is 1. The topological polar surface area (TPSA) is 108 Å². The molecule has 3 aromatic heterocycles. The van der Waals surface area contributed by atoms with E-state index in [-0.39, 0.29) is 11.6 Å². The van der Waals surface area contributed by atoms with E-state index in [1.165, 1.54) is 18.6 Å². The van der Waals surface area contributed by atoms with Gasteiger partial charge in [-0.3, -0.25) is 14.3 Å². The third-order valence-electron chi connectivity index (χ3n) is 3.53. The molecule has 3 heterocycles. The van der Waals surface area contributed by atoms with Gasteiger partial charge >= 0.3 is 0 Å². The first kappa shape index (κ1) is 16.3. The van der Waals surface area contributed by atoms with Crippen LogP contribution in [0.3, 0.4) is 0 Å². The molecule has 0 saturated heterocycles. The van der Waals surface area contributed by atoms with Crippen LogP contribution in [0, 0.1) is 0 Å². The van der Waals surface area contributed by atoms with Gasteiger partial charge in [0.25, 0.3) is 5.91 Å². The molecule has 132 valence electrons. The van der Waals surface area contributed by atoms with E-state index in [0.717, 1.165) is 0 Å². The third-order valence-corrected chi connectivity index (χ3v) is 3.53. The van der Waals surface area contributed by atoms with Crippen molar-refractivity contribution in [2.24, 2.45) is 0 Å². The lowest BCUT2D eigenvalue weighted by molar-refractivity contribution is 0.102. The predicted octanol–water partition coefficient (Wildman–Crippen LogP) is 2.50. The number of nitrogens with zero attached hydrogens (tertiary/aromatic N) is 6. The van der Waals surface area contributed by atoms with Crippen LogP contribution in [0.15, 0.2) is 73.7 Å². The van der Waals surface area contributed by atoms with Crippen LogP contribution in [-0.4, -0.2) is 35.6 Å². The molecule has 0 unspecified atom stereocenters. The molecule has 1 aromatic carbocycles. The highest BCUT2D eigenvalue weighted by atomic mass is 16.5. The van der Waals surface area contributed by atoms with E-state index in [1.807, 2.05) is 0 Å². The summed E-state index contributed by atoms with van der Waals surface area (Å²) in [6.07, 6.45) is 9.45. The van der Waals surface area contributed by atoms with Crippen LogP contribution in [0.4, 0.5) is 5.69 Å². The number of anilines is 1. The van der Waals surface area contributed by atoms with Crippen LogP contribution < -0.4 is 10.1 Å². The van der Waals surface area contributed by atoms with E-state index >= 15 is 0 Å². The van der Waals surface area contributed by atoms with Crippen molar-refractivity contribution in [1.29, 1.82) is 0 Å². The number of hydrogen-bond acceptors (Lipinski definition) is 7. The van der Waals surface area contributed by atoms with Gasteiger partial charge in [-0.05, 0) is 30.3 Å². The number of aromatic nitrogens is 6. The van der Waals surface area contributed by atoms with Gasteiger partial charge in [0.1, 0.15) is 17.8 Å². The SMILES string of the molecule is O=C(Nc1ccc(Oc2ccc(-n3ccnc3)nn2)cc1)c1cnccn1. The predicted molar refractivity (Wildman–Crippen MR) is 95.7 cm³/mol. The minimum atomic E-state index is -0.335. The Morgan fingerprint density at radius 3 is 2.52 bits per heavy atom. The number of hydrogen-bond donors (Lipinski definition) is 1. The quantitative estimate of drug-likeness (QED) is 0.583. The first-order valence-corrected chi connectivity index (χ1v) is 7.95. The van der Waals surface area contributed by atoms with Crippen LogP contribution in [-0.2, 0) is 0 Å². The van der Waals surface area contributed by atoms with Crippen LogP contribution >= 0.6 is 0 Å². The van der Waals surface area contributed by atoms with Crippen molar-refractivity contribution in [2.45, 2.75) is 0 Å². The average Bonchev–Trinajstić information content (AvgIpc) is 3.26. The molecule has 27 heavy (non-hydrogen) atoms. The molecule has 9 nitrogen and oxygen atoms in total. The Balaban J connectivity index is 1.40. The van der Waals surface area contributed by atoms with Gasteiger partial charge in [0.05, 0.1) is 6.20 Å². The molecule has 0 radical (unpaired) electrons. The van der Waals surface area contributed by atoms with E-state index in [2.05, 4.69) is 30.5 Å². The zero-order valence-electron chi connectivity index (χ0n) is 13.9. The molecule has 1 N–H and O–H groups in total. The van der Waals surface area contributed by atoms with E-state index < -0.39 is 0 Å². The second kappa shape index (κ2) is 7.40. The molecule has 0 fully saturated rings. The van der Waals surface area contributed by atoms with Gasteiger partial charge in [0.2, 0.25) is 5.88 Å². The highest BCUT2D eigenvalue weighted by molar-refractivity contribution is 6.02. The molecule has 0 aliphatic carbocycles. The number of rotatable bonds is 5. The molecular formula is C18H13N7O2. The monoisotopic (exact) mass is 359 g/mol. The maximum absolute atomic E-state index is 12.0. The largest absolute Gasteiger partial charge is 0.438 e. The molecule has 0 saturated carbocycles. The Kier molecular flexibility index (Phi) is 4.48. The van der Waals surface area contributed by atoms with Gasteiger partial charge in [-0.2, -0.15) is 0 Å². The first-order valence-electron chi connectivity index (χ1n) is 7.95. The Bertz CT molecular complexity index is 1020. The Labute approximate surface area is 153 Å². The summed E-state index contributed by atoms with van der Waals surface area (Å²) in [5.74, 6) is 1.23. The van der Waals surface area contributed by atoms with Crippen LogP contribution in [0.25, 0.3) is 5.82 Å². The molecule has 4 aromatic rings. The van der Waals surface area contributed by atoms with Crippen molar-refractivity contribution in [3.8, 4) is 17.4 Å². The smallest absolute Gasteiger partial charge is 0.275 e. The lowest BCUT2D eigenvalue weighted by Crippen LogP contribution is -2.13. The Morgan fingerprint density at radius 1 is 0.963 bits per heavy atom. The van der Waals surface area contributed by atoms with E-state index in [9.17, 15) is 4.79 Å². The van der Waals surface area contributed by atoms with E-state index in [1.54, 1.807) is 59.7 Å². The summed E-state index contributed by atoms with van der Waals surface area (Å²) in [5.41, 5.74) is 0.852. The summed E-state index contributed by atoms with van der Waals surface area (Å²) < 4.78 is 7.40. The fraction of sp³-hybridized carbons (Fsp3) is 0. The Morgan fingerprint density at radius 2 is 1.85 bits per heavy atom. The second-order valence-corrected chi connectivity index (χ2v) is 5.37. The molecule has 0 bridgehead atoms. The molecule has 1 amide bonds. The van der Waals surface area contributed by atoms with Crippen molar-refractivity contribution in [2.75, 3.05) is 5.32 Å². The molecule has 9 heteroatoms. The molecule has 0 atom stereocenters. The fourth-order valence-electron chi connectivity index (χ4n) is 2.24. The fourth-order valence-corrected chi connectivity index (χ4v) is 2.24. The first-order chi connectivity index (χ1) is 13.3. The maximum Gasteiger partial charge on any atom is 0.275 e. The van der Waals surface area contributed by atoms with Crippen molar-refractivity contribution in [3.63, 3.8) is 0 Å². The summed E-state index contributed by atoms with van der Waals surface area (Å²) in [7, 11) is 0. The van der Waals surface area contributed by atoms with Crippen molar-refractivity contribution >= 4 is 11.6 Å². The lowest BCUT2D eigenvalue weighted by atomic mass is 10.3. The number of carbonyl (C=O) groups is 1. The van der Waals surface area contributed by atoms with Gasteiger partial charge in [-0.15, -0.1) is 10.2 Å². The van der Waals surface area contributed by atoms with Crippen LogP contribution in [0.1, 0.15) is 10.5 Å². The van der Waals surface area contributed by atoms with Crippen molar-refractivity contribution in [1.82, 2.24) is 29.7 Å². The van der Waals surface area contributed by atoms with Crippen LogP contribution in [0.2, 0.25) is 0 Å². The zero-order chi connectivity index (χ0) is 18.5. The molecule has 0 spiro atoms. The summed E-state index contributed by atoms with van der Waals surface area (Å²) in [6.45, 7) is 0. The van der Waals surface area contributed by atoms with Crippen molar-refractivity contribution in [3.05, 3.63) is 79.4 Å². The van der Waals surface area contributed by atoms with Crippen molar-refractivity contribution < 1.29 is 9.53 Å². The lowest BCUT2D eigenvalue weighted by Gasteiger charge is -2.07. The minimum absolute atomic E-state index is 0.242. The number of amides is 1. The standard InChI is InChI=1S/C18H13N7O2/c26-18(15-11-19-7-8-21-15)22-13-1-3-14(4-2-13)27-17-6-5-16(23-24-17)25-10-9-20-12-25/h1-12H,(H,22,26). The van der Waals surface area contributed by atoms with Crippen LogP contribution in [0.5, 0.6) is 11.6 Å². The van der Waals surface area contributed by atoms with Gasteiger partial charge < -0.3 is 10.1 Å². The molecule has 0 aliphatic rings. The van der Waals surface area contributed by atoms with Gasteiger partial charge in [-0.1, -0.05) is 0 Å². The van der Waals surface area contributed by atoms with Gasteiger partial charge in [-0.25, -0.2) is 9.97 Å². The number of nitrogens with one attached hydrogen (secondary N) is 1. The minimum Gasteiger partial charge on any atom is -0.438 e. The van der Waals surface area contributed by atoms with E-state index in [4.69, 9.17) is 4.74 Å². The zero-order valence-corrected chi connectivity index (χ0v) is 13.9.